The number of anilines is 1. The van der Waals surface area contributed by atoms with E-state index in [4.69, 9.17) is 5.11 Å². The lowest BCUT2D eigenvalue weighted by atomic mass is 9.89. The molecular weight excluding hydrogens is 264 g/mol. The van der Waals surface area contributed by atoms with Crippen LogP contribution in [0.25, 0.3) is 0 Å². The number of carboxylic acid groups (broad SMARTS) is 1. The van der Waals surface area contributed by atoms with Crippen molar-refractivity contribution >= 4 is 23.3 Å². The van der Waals surface area contributed by atoms with Gasteiger partial charge in [0.1, 0.15) is 0 Å². The minimum Gasteiger partial charge on any atom is -0.481 e. The number of hydrogen-bond donors (Lipinski definition) is 2. The fourth-order valence-electron chi connectivity index (χ4n) is 1.57. The van der Waals surface area contributed by atoms with Crippen LogP contribution >= 0.6 is 0 Å². The first kappa shape index (κ1) is 15.6. The highest BCUT2D eigenvalue weighted by Crippen LogP contribution is 2.24. The molecule has 7 heteroatoms. The number of hydrogen-bond acceptors (Lipinski definition) is 4. The second-order valence-electron chi connectivity index (χ2n) is 5.17. The molecule has 7 nitrogen and oxygen atoms in total. The highest BCUT2D eigenvalue weighted by Gasteiger charge is 2.30. The van der Waals surface area contributed by atoms with Crippen LogP contribution in [0.1, 0.15) is 25.8 Å². The number of nitro benzene ring substituents is 1. The Bertz CT molecular complexity index is 566. The monoisotopic (exact) mass is 280 g/mol. The van der Waals surface area contributed by atoms with Crippen molar-refractivity contribution < 1.29 is 19.6 Å². The predicted molar refractivity (Wildman–Crippen MR) is 72.5 cm³/mol. The maximum Gasteiger partial charge on any atom is 0.309 e. The van der Waals surface area contributed by atoms with E-state index in [-0.39, 0.29) is 12.1 Å². The highest BCUT2D eigenvalue weighted by molar-refractivity contribution is 5.94. The SMILES string of the molecule is Cc1cc([N+](=O)[O-])ccc1NC(=O)CC(C)(C)C(=O)O. The summed E-state index contributed by atoms with van der Waals surface area (Å²) in [5, 5.41) is 22.1. The second-order valence-corrected chi connectivity index (χ2v) is 5.17. The van der Waals surface area contributed by atoms with E-state index < -0.39 is 22.2 Å². The van der Waals surface area contributed by atoms with Gasteiger partial charge in [0.25, 0.3) is 5.69 Å². The van der Waals surface area contributed by atoms with Crippen molar-refractivity contribution in [1.82, 2.24) is 0 Å². The van der Waals surface area contributed by atoms with Crippen molar-refractivity contribution in [2.45, 2.75) is 27.2 Å². The molecule has 0 unspecified atom stereocenters. The van der Waals surface area contributed by atoms with Gasteiger partial charge in [0.2, 0.25) is 5.91 Å². The molecule has 0 saturated carbocycles. The van der Waals surface area contributed by atoms with E-state index in [1.807, 2.05) is 0 Å². The van der Waals surface area contributed by atoms with Gasteiger partial charge in [-0.2, -0.15) is 0 Å². The number of amides is 1. The molecule has 2 N–H and O–H groups in total. The summed E-state index contributed by atoms with van der Waals surface area (Å²) in [5.74, 6) is -1.51. The zero-order chi connectivity index (χ0) is 15.5. The molecule has 1 rings (SSSR count). The topological polar surface area (TPSA) is 110 Å². The van der Waals surface area contributed by atoms with E-state index in [1.54, 1.807) is 6.92 Å². The molecule has 0 heterocycles. The van der Waals surface area contributed by atoms with E-state index in [9.17, 15) is 19.7 Å². The summed E-state index contributed by atoms with van der Waals surface area (Å²) >= 11 is 0. The molecule has 0 radical (unpaired) electrons. The van der Waals surface area contributed by atoms with Gasteiger partial charge in [-0.25, -0.2) is 0 Å². The summed E-state index contributed by atoms with van der Waals surface area (Å²) < 4.78 is 0. The summed E-state index contributed by atoms with van der Waals surface area (Å²) in [6.07, 6.45) is -0.182. The van der Waals surface area contributed by atoms with Crippen molar-refractivity contribution in [2.24, 2.45) is 5.41 Å². The normalized spacial score (nSPS) is 10.9. The summed E-state index contributed by atoms with van der Waals surface area (Å²) in [5.41, 5.74) is -0.257. The molecule has 0 spiro atoms. The van der Waals surface area contributed by atoms with E-state index in [0.717, 1.165) is 0 Å². The van der Waals surface area contributed by atoms with Gasteiger partial charge in [0.15, 0.2) is 0 Å². The van der Waals surface area contributed by atoms with Gasteiger partial charge in [-0.1, -0.05) is 0 Å². The number of rotatable bonds is 5. The zero-order valence-corrected chi connectivity index (χ0v) is 11.5. The Morgan fingerprint density at radius 1 is 1.40 bits per heavy atom. The van der Waals surface area contributed by atoms with E-state index in [2.05, 4.69) is 5.32 Å². The van der Waals surface area contributed by atoms with Crippen molar-refractivity contribution in [3.63, 3.8) is 0 Å². The van der Waals surface area contributed by atoms with Gasteiger partial charge < -0.3 is 10.4 Å². The van der Waals surface area contributed by atoms with Crippen LogP contribution < -0.4 is 5.32 Å². The number of benzene rings is 1. The van der Waals surface area contributed by atoms with Crippen LogP contribution in [-0.2, 0) is 9.59 Å². The molecule has 0 saturated heterocycles. The molecule has 0 aromatic heterocycles. The molecule has 0 bridgehead atoms. The maximum atomic E-state index is 11.8. The lowest BCUT2D eigenvalue weighted by molar-refractivity contribution is -0.384. The number of carbonyl (C=O) groups is 2. The number of nitro groups is 1. The van der Waals surface area contributed by atoms with Crippen LogP contribution in [0, 0.1) is 22.5 Å². The van der Waals surface area contributed by atoms with Crippen LogP contribution in [0.2, 0.25) is 0 Å². The molecule has 1 aromatic carbocycles. The van der Waals surface area contributed by atoms with E-state index in [1.165, 1.54) is 32.0 Å². The van der Waals surface area contributed by atoms with Gasteiger partial charge in [-0.05, 0) is 32.4 Å². The van der Waals surface area contributed by atoms with Crippen molar-refractivity contribution in [2.75, 3.05) is 5.32 Å². The van der Waals surface area contributed by atoms with Crippen molar-refractivity contribution in [1.29, 1.82) is 0 Å². The number of non-ortho nitro benzene ring substituents is 1. The number of nitrogens with one attached hydrogen (secondary N) is 1. The van der Waals surface area contributed by atoms with Crippen LogP contribution in [0.3, 0.4) is 0 Å². The number of aliphatic carboxylic acids is 1. The Hall–Kier alpha value is -2.44. The molecule has 0 aliphatic rings. The molecule has 20 heavy (non-hydrogen) atoms. The van der Waals surface area contributed by atoms with Gasteiger partial charge in [0, 0.05) is 24.2 Å². The van der Waals surface area contributed by atoms with E-state index in [0.29, 0.717) is 11.3 Å². The summed E-state index contributed by atoms with van der Waals surface area (Å²) in [4.78, 5) is 32.8. The van der Waals surface area contributed by atoms with E-state index >= 15 is 0 Å². The molecule has 108 valence electrons. The summed E-state index contributed by atoms with van der Waals surface area (Å²) in [6.45, 7) is 4.54. The lowest BCUT2D eigenvalue weighted by Gasteiger charge is -2.18. The number of carboxylic acids is 1. The standard InChI is InChI=1S/C13H16N2O5/c1-8-6-9(15(19)20)4-5-10(8)14-11(16)7-13(2,3)12(17)18/h4-6H,7H2,1-3H3,(H,14,16)(H,17,18). The third kappa shape index (κ3) is 3.78. The predicted octanol–water partition coefficient (Wildman–Crippen LogP) is 2.34. The maximum absolute atomic E-state index is 11.8. The fraction of sp³-hybridized carbons (Fsp3) is 0.385. The zero-order valence-electron chi connectivity index (χ0n) is 11.5. The van der Waals surface area contributed by atoms with Gasteiger partial charge >= 0.3 is 5.97 Å². The van der Waals surface area contributed by atoms with Crippen LogP contribution in [0.15, 0.2) is 18.2 Å². The number of carbonyl (C=O) groups excluding carboxylic acids is 1. The van der Waals surface area contributed by atoms with Gasteiger partial charge in [-0.3, -0.25) is 19.7 Å². The lowest BCUT2D eigenvalue weighted by Crippen LogP contribution is -2.29. The van der Waals surface area contributed by atoms with Crippen LogP contribution in [0.4, 0.5) is 11.4 Å². The smallest absolute Gasteiger partial charge is 0.309 e. The minimum absolute atomic E-state index is 0.0636. The largest absolute Gasteiger partial charge is 0.481 e. The Balaban J connectivity index is 2.82. The average Bonchev–Trinajstić information content (AvgIpc) is 2.30. The summed E-state index contributed by atoms with van der Waals surface area (Å²) in [7, 11) is 0. The number of nitrogens with zero attached hydrogens (tertiary/aromatic N) is 1. The van der Waals surface area contributed by atoms with Crippen molar-refractivity contribution in [3.05, 3.63) is 33.9 Å². The average molecular weight is 280 g/mol. The van der Waals surface area contributed by atoms with Crippen molar-refractivity contribution in [3.8, 4) is 0 Å². The van der Waals surface area contributed by atoms with Crippen LogP contribution in [0.5, 0.6) is 0 Å². The number of aryl methyl sites for hydroxylation is 1. The van der Waals surface area contributed by atoms with Gasteiger partial charge in [-0.15, -0.1) is 0 Å². The third-order valence-electron chi connectivity index (χ3n) is 2.88. The Morgan fingerprint density at radius 2 is 2.00 bits per heavy atom. The first-order valence-corrected chi connectivity index (χ1v) is 5.92. The third-order valence-corrected chi connectivity index (χ3v) is 2.88. The Morgan fingerprint density at radius 3 is 2.45 bits per heavy atom. The highest BCUT2D eigenvalue weighted by atomic mass is 16.6. The quantitative estimate of drug-likeness (QED) is 0.635. The molecule has 0 aliphatic carbocycles. The van der Waals surface area contributed by atoms with Gasteiger partial charge in [0.05, 0.1) is 10.3 Å². The second kappa shape index (κ2) is 5.68. The van der Waals surface area contributed by atoms with Crippen LogP contribution in [-0.4, -0.2) is 21.9 Å². The molecule has 0 fully saturated rings. The molecule has 1 aromatic rings. The minimum atomic E-state index is -1.17. The molecular formula is C13H16N2O5. The Kier molecular flexibility index (Phi) is 4.44. The molecule has 1 amide bonds. The first-order valence-electron chi connectivity index (χ1n) is 5.92. The Labute approximate surface area is 115 Å². The molecule has 0 aliphatic heterocycles. The summed E-state index contributed by atoms with van der Waals surface area (Å²) in [6, 6.07) is 4.06. The fourth-order valence-corrected chi connectivity index (χ4v) is 1.57. The first-order chi connectivity index (χ1) is 9.13. The molecule has 0 atom stereocenters.